The minimum absolute atomic E-state index is 0.0598. The summed E-state index contributed by atoms with van der Waals surface area (Å²) in [4.78, 5) is 2.36. The highest BCUT2D eigenvalue weighted by molar-refractivity contribution is 6.30. The predicted octanol–water partition coefficient (Wildman–Crippen LogP) is 3.36. The van der Waals surface area contributed by atoms with E-state index in [0.717, 1.165) is 19.5 Å². The van der Waals surface area contributed by atoms with Gasteiger partial charge in [0.1, 0.15) is 5.82 Å². The van der Waals surface area contributed by atoms with E-state index < -0.39 is 0 Å². The molecule has 0 aromatic heterocycles. The van der Waals surface area contributed by atoms with Crippen LogP contribution in [0.5, 0.6) is 0 Å². The Morgan fingerprint density at radius 3 is 2.43 bits per heavy atom. The number of halogens is 2. The Bertz CT molecular complexity index is 451. The van der Waals surface area contributed by atoms with Gasteiger partial charge in [0.2, 0.25) is 0 Å². The van der Waals surface area contributed by atoms with Gasteiger partial charge in [-0.2, -0.15) is 0 Å². The summed E-state index contributed by atoms with van der Waals surface area (Å²) in [6.45, 7) is 10.4. The van der Waals surface area contributed by atoms with Crippen LogP contribution < -0.4 is 11.3 Å². The number of hydrazine groups is 1. The Labute approximate surface area is 132 Å². The van der Waals surface area contributed by atoms with Crippen molar-refractivity contribution < 1.29 is 4.39 Å². The van der Waals surface area contributed by atoms with E-state index in [2.05, 4.69) is 38.0 Å². The molecule has 1 rings (SSSR count). The van der Waals surface area contributed by atoms with Crippen LogP contribution in [0.25, 0.3) is 0 Å². The van der Waals surface area contributed by atoms with Gasteiger partial charge in [0.05, 0.1) is 5.02 Å². The van der Waals surface area contributed by atoms with Crippen LogP contribution in [-0.4, -0.2) is 29.6 Å². The monoisotopic (exact) mass is 315 g/mol. The van der Waals surface area contributed by atoms with E-state index in [4.69, 9.17) is 17.4 Å². The number of likely N-dealkylation sites (N-methyl/N-ethyl adjacent to an activating group) is 1. The molecule has 0 aliphatic rings. The van der Waals surface area contributed by atoms with Crippen molar-refractivity contribution in [2.24, 2.45) is 5.84 Å². The Balaban J connectivity index is 3.08. The first kappa shape index (κ1) is 18.4. The van der Waals surface area contributed by atoms with E-state index in [1.165, 1.54) is 0 Å². The molecule has 0 spiro atoms. The van der Waals surface area contributed by atoms with Crippen molar-refractivity contribution in [1.82, 2.24) is 10.3 Å². The molecule has 0 aliphatic carbocycles. The number of nitrogens with two attached hydrogens (primary N) is 1. The van der Waals surface area contributed by atoms with Crippen LogP contribution in [0.2, 0.25) is 5.02 Å². The summed E-state index contributed by atoms with van der Waals surface area (Å²) in [5.41, 5.74) is 3.34. The molecule has 0 saturated heterocycles. The number of hydrogen-bond acceptors (Lipinski definition) is 3. The maximum absolute atomic E-state index is 14.1. The Morgan fingerprint density at radius 2 is 1.95 bits per heavy atom. The first-order valence-electron chi connectivity index (χ1n) is 7.58. The second kappa shape index (κ2) is 8.08. The fourth-order valence-corrected chi connectivity index (χ4v) is 3.21. The quantitative estimate of drug-likeness (QED) is 0.571. The molecule has 0 heterocycles. The number of benzene rings is 1. The summed E-state index contributed by atoms with van der Waals surface area (Å²) in [6, 6.07) is 5.04. The van der Waals surface area contributed by atoms with Crippen molar-refractivity contribution in [2.75, 3.05) is 13.1 Å². The SMILES string of the molecule is CCN(CC)C(C)(CC)C(Cc1cccc(Cl)c1F)NN. The molecule has 3 nitrogen and oxygen atoms in total. The molecular formula is C16H27ClFN3. The molecule has 2 atom stereocenters. The van der Waals surface area contributed by atoms with Crippen molar-refractivity contribution in [3.8, 4) is 0 Å². The highest BCUT2D eigenvalue weighted by Crippen LogP contribution is 2.27. The second-order valence-electron chi connectivity index (χ2n) is 5.52. The van der Waals surface area contributed by atoms with Crippen LogP contribution >= 0.6 is 11.6 Å². The summed E-state index contributed by atoms with van der Waals surface area (Å²) in [5, 5.41) is 0.157. The van der Waals surface area contributed by atoms with E-state index in [1.807, 2.05) is 0 Å². The first-order chi connectivity index (χ1) is 9.94. The van der Waals surface area contributed by atoms with Crippen molar-refractivity contribution in [3.05, 3.63) is 34.6 Å². The lowest BCUT2D eigenvalue weighted by Crippen LogP contribution is -2.61. The maximum Gasteiger partial charge on any atom is 0.145 e. The largest absolute Gasteiger partial charge is 0.297 e. The lowest BCUT2D eigenvalue weighted by atomic mass is 9.83. The van der Waals surface area contributed by atoms with Gasteiger partial charge in [-0.1, -0.05) is 44.5 Å². The lowest BCUT2D eigenvalue weighted by molar-refractivity contribution is 0.0698. The molecule has 120 valence electrons. The molecule has 0 radical (unpaired) electrons. The van der Waals surface area contributed by atoms with E-state index in [9.17, 15) is 4.39 Å². The predicted molar refractivity (Wildman–Crippen MR) is 87.8 cm³/mol. The third-order valence-corrected chi connectivity index (χ3v) is 4.90. The highest BCUT2D eigenvalue weighted by Gasteiger charge is 2.36. The summed E-state index contributed by atoms with van der Waals surface area (Å²) in [7, 11) is 0. The number of rotatable bonds is 8. The minimum atomic E-state index is -0.350. The summed E-state index contributed by atoms with van der Waals surface area (Å²) in [5.74, 6) is 5.44. The van der Waals surface area contributed by atoms with Gasteiger partial charge in [0.25, 0.3) is 0 Å². The van der Waals surface area contributed by atoms with Gasteiger partial charge >= 0.3 is 0 Å². The normalized spacial score (nSPS) is 16.0. The molecular weight excluding hydrogens is 289 g/mol. The minimum Gasteiger partial charge on any atom is -0.297 e. The Morgan fingerprint density at radius 1 is 1.33 bits per heavy atom. The third-order valence-electron chi connectivity index (χ3n) is 4.61. The van der Waals surface area contributed by atoms with Crippen molar-refractivity contribution in [1.29, 1.82) is 0 Å². The van der Waals surface area contributed by atoms with Gasteiger partial charge in [-0.05, 0) is 44.5 Å². The van der Waals surface area contributed by atoms with Crippen LogP contribution in [0.15, 0.2) is 18.2 Å². The second-order valence-corrected chi connectivity index (χ2v) is 5.93. The zero-order chi connectivity index (χ0) is 16.0. The lowest BCUT2D eigenvalue weighted by Gasteiger charge is -2.45. The molecule has 21 heavy (non-hydrogen) atoms. The molecule has 1 aromatic rings. The smallest absolute Gasteiger partial charge is 0.145 e. The topological polar surface area (TPSA) is 41.3 Å². The van der Waals surface area contributed by atoms with Gasteiger partial charge in [-0.15, -0.1) is 0 Å². The van der Waals surface area contributed by atoms with Crippen LogP contribution in [0.1, 0.15) is 39.7 Å². The molecule has 0 bridgehead atoms. The van der Waals surface area contributed by atoms with Gasteiger partial charge < -0.3 is 0 Å². The molecule has 0 amide bonds. The molecule has 0 aliphatic heterocycles. The zero-order valence-corrected chi connectivity index (χ0v) is 14.2. The fraction of sp³-hybridized carbons (Fsp3) is 0.625. The Kier molecular flexibility index (Phi) is 7.07. The summed E-state index contributed by atoms with van der Waals surface area (Å²) in [6.07, 6.45) is 1.43. The zero-order valence-electron chi connectivity index (χ0n) is 13.4. The fourth-order valence-electron chi connectivity index (χ4n) is 3.02. The van der Waals surface area contributed by atoms with Gasteiger partial charge in [0.15, 0.2) is 0 Å². The Hall–Kier alpha value is -0.680. The van der Waals surface area contributed by atoms with E-state index in [-0.39, 0.29) is 22.4 Å². The van der Waals surface area contributed by atoms with E-state index >= 15 is 0 Å². The average Bonchev–Trinajstić information content (AvgIpc) is 2.49. The van der Waals surface area contributed by atoms with E-state index in [0.29, 0.717) is 12.0 Å². The average molecular weight is 316 g/mol. The summed E-state index contributed by atoms with van der Waals surface area (Å²) < 4.78 is 14.1. The van der Waals surface area contributed by atoms with Crippen molar-refractivity contribution in [2.45, 2.75) is 52.1 Å². The van der Waals surface area contributed by atoms with Crippen LogP contribution in [0, 0.1) is 5.82 Å². The van der Waals surface area contributed by atoms with Gasteiger partial charge in [0, 0.05) is 11.6 Å². The third kappa shape index (κ3) is 3.95. The molecule has 0 saturated carbocycles. The number of nitrogens with zero attached hydrogens (tertiary/aromatic N) is 1. The molecule has 1 aromatic carbocycles. The highest BCUT2D eigenvalue weighted by atomic mass is 35.5. The van der Waals surface area contributed by atoms with Crippen LogP contribution in [-0.2, 0) is 6.42 Å². The maximum atomic E-state index is 14.1. The standard InChI is InChI=1S/C16H27ClFN3/c1-5-16(4,21(6-2)7-3)14(20-19)11-12-9-8-10-13(17)15(12)18/h8-10,14,20H,5-7,11,19H2,1-4H3. The molecule has 2 unspecified atom stereocenters. The van der Waals surface area contributed by atoms with Crippen LogP contribution in [0.3, 0.4) is 0 Å². The number of nitrogens with one attached hydrogen (secondary N) is 1. The summed E-state index contributed by atoms with van der Waals surface area (Å²) >= 11 is 5.87. The van der Waals surface area contributed by atoms with Crippen LogP contribution in [0.4, 0.5) is 4.39 Å². The van der Waals surface area contributed by atoms with Gasteiger partial charge in [-0.25, -0.2) is 4.39 Å². The molecule has 0 fully saturated rings. The number of hydrogen-bond donors (Lipinski definition) is 2. The molecule has 3 N–H and O–H groups in total. The van der Waals surface area contributed by atoms with Gasteiger partial charge in [-0.3, -0.25) is 16.2 Å². The first-order valence-corrected chi connectivity index (χ1v) is 7.96. The van der Waals surface area contributed by atoms with Crippen molar-refractivity contribution >= 4 is 11.6 Å². The van der Waals surface area contributed by atoms with Crippen molar-refractivity contribution in [3.63, 3.8) is 0 Å². The molecule has 5 heteroatoms. The van der Waals surface area contributed by atoms with E-state index in [1.54, 1.807) is 18.2 Å².